The van der Waals surface area contributed by atoms with Crippen LogP contribution in [0.15, 0.2) is 34.8 Å². The van der Waals surface area contributed by atoms with Crippen LogP contribution in [0.1, 0.15) is 30.0 Å². The molecule has 2 heterocycles. The zero-order valence-electron chi connectivity index (χ0n) is 12.4. The van der Waals surface area contributed by atoms with Crippen LogP contribution >= 0.6 is 11.3 Å². The largest absolute Gasteiger partial charge is 0.409 e. The molecule has 6 heteroatoms. The van der Waals surface area contributed by atoms with E-state index in [-0.39, 0.29) is 11.9 Å². The Kier molecular flexibility index (Phi) is 4.80. The van der Waals surface area contributed by atoms with E-state index >= 15 is 0 Å². The maximum Gasteiger partial charge on any atom is 0.173 e. The van der Waals surface area contributed by atoms with Gasteiger partial charge in [0.25, 0.3) is 0 Å². The topological polar surface area (TPSA) is 74.7 Å². The Morgan fingerprint density at radius 1 is 1.43 bits per heavy atom. The van der Waals surface area contributed by atoms with Gasteiger partial charge in [-0.25, -0.2) is 4.98 Å². The molecule has 2 rings (SSSR count). The Morgan fingerprint density at radius 3 is 2.76 bits per heavy atom. The Labute approximate surface area is 128 Å². The summed E-state index contributed by atoms with van der Waals surface area (Å²) in [5.41, 5.74) is 7.34. The quantitative estimate of drug-likeness (QED) is 0.385. The number of nitrogens with two attached hydrogens (primary N) is 1. The molecule has 0 unspecified atom stereocenters. The van der Waals surface area contributed by atoms with Crippen molar-refractivity contribution in [3.8, 4) is 0 Å². The molecule has 0 aliphatic carbocycles. The van der Waals surface area contributed by atoms with Crippen LogP contribution in [0.5, 0.6) is 0 Å². The summed E-state index contributed by atoms with van der Waals surface area (Å²) >= 11 is 1.71. The minimum Gasteiger partial charge on any atom is -0.409 e. The Hall–Kier alpha value is -2.08. The number of amidine groups is 1. The molecule has 2 aromatic rings. The zero-order chi connectivity index (χ0) is 15.4. The normalized spacial score (nSPS) is 11.9. The van der Waals surface area contributed by atoms with E-state index in [1.54, 1.807) is 11.3 Å². The Morgan fingerprint density at radius 2 is 2.19 bits per heavy atom. The van der Waals surface area contributed by atoms with E-state index in [1.165, 1.54) is 4.88 Å². The molecule has 2 aromatic heterocycles. The fraction of sp³-hybridized carbons (Fsp3) is 0.333. The number of anilines is 1. The third-order valence-corrected chi connectivity index (χ3v) is 4.06. The number of aromatic nitrogens is 1. The predicted molar refractivity (Wildman–Crippen MR) is 87.1 cm³/mol. The summed E-state index contributed by atoms with van der Waals surface area (Å²) < 4.78 is 0. The third kappa shape index (κ3) is 3.52. The van der Waals surface area contributed by atoms with Gasteiger partial charge in [-0.05, 0) is 44.4 Å². The van der Waals surface area contributed by atoms with E-state index in [1.807, 2.05) is 25.1 Å². The lowest BCUT2D eigenvalue weighted by molar-refractivity contribution is 0.318. The highest BCUT2D eigenvalue weighted by Gasteiger charge is 2.19. The van der Waals surface area contributed by atoms with E-state index in [9.17, 15) is 0 Å². The second-order valence-electron chi connectivity index (χ2n) is 5.11. The first kappa shape index (κ1) is 15.3. The average Bonchev–Trinajstić information content (AvgIpc) is 2.96. The number of hydrogen-bond acceptors (Lipinski definition) is 5. The number of nitrogens with zero attached hydrogens (tertiary/aromatic N) is 3. The van der Waals surface area contributed by atoms with E-state index < -0.39 is 0 Å². The lowest BCUT2D eigenvalue weighted by Gasteiger charge is -2.29. The molecule has 0 spiro atoms. The van der Waals surface area contributed by atoms with Gasteiger partial charge in [0, 0.05) is 16.6 Å². The fourth-order valence-electron chi connectivity index (χ4n) is 2.09. The van der Waals surface area contributed by atoms with Crippen molar-refractivity contribution in [2.45, 2.75) is 33.4 Å². The van der Waals surface area contributed by atoms with Crippen LogP contribution in [-0.4, -0.2) is 22.1 Å². The molecule has 0 aromatic carbocycles. The third-order valence-electron chi connectivity index (χ3n) is 3.20. The lowest BCUT2D eigenvalue weighted by Crippen LogP contribution is -2.33. The van der Waals surface area contributed by atoms with Gasteiger partial charge in [-0.2, -0.15) is 0 Å². The highest BCUT2D eigenvalue weighted by molar-refractivity contribution is 7.09. The molecule has 3 N–H and O–H groups in total. The van der Waals surface area contributed by atoms with Crippen LogP contribution in [-0.2, 0) is 6.54 Å². The van der Waals surface area contributed by atoms with Gasteiger partial charge in [0.2, 0.25) is 0 Å². The predicted octanol–water partition coefficient (Wildman–Crippen LogP) is 2.96. The average molecular weight is 304 g/mol. The van der Waals surface area contributed by atoms with Crippen LogP contribution in [0.4, 0.5) is 5.82 Å². The molecule has 0 fully saturated rings. The van der Waals surface area contributed by atoms with Gasteiger partial charge in [0.1, 0.15) is 5.82 Å². The fourth-order valence-corrected chi connectivity index (χ4v) is 2.79. The minimum absolute atomic E-state index is 0.0781. The summed E-state index contributed by atoms with van der Waals surface area (Å²) in [7, 11) is 0. The first-order valence-electron chi connectivity index (χ1n) is 6.77. The van der Waals surface area contributed by atoms with Crippen LogP contribution < -0.4 is 10.6 Å². The maximum atomic E-state index is 8.98. The van der Waals surface area contributed by atoms with E-state index in [0.29, 0.717) is 5.56 Å². The Balaban J connectivity index is 2.46. The number of aryl methyl sites for hydroxylation is 1. The molecular formula is C15H20N4OS. The van der Waals surface area contributed by atoms with E-state index in [0.717, 1.165) is 18.1 Å². The van der Waals surface area contributed by atoms with Crippen molar-refractivity contribution >= 4 is 23.0 Å². The van der Waals surface area contributed by atoms with E-state index in [4.69, 9.17) is 10.9 Å². The second-order valence-corrected chi connectivity index (χ2v) is 6.14. The molecule has 5 nitrogen and oxygen atoms in total. The summed E-state index contributed by atoms with van der Waals surface area (Å²) in [5.74, 6) is 0.822. The minimum atomic E-state index is 0.0781. The van der Waals surface area contributed by atoms with Crippen molar-refractivity contribution in [3.63, 3.8) is 0 Å². The van der Waals surface area contributed by atoms with Crippen LogP contribution in [0.25, 0.3) is 0 Å². The zero-order valence-corrected chi connectivity index (χ0v) is 13.3. The SMILES string of the molecule is Cc1ccc(C(N)=NO)c(N(Cc2cccs2)C(C)C)n1. The summed E-state index contributed by atoms with van der Waals surface area (Å²) in [4.78, 5) is 8.01. The molecule has 21 heavy (non-hydrogen) atoms. The summed E-state index contributed by atoms with van der Waals surface area (Å²) in [6.07, 6.45) is 0. The monoisotopic (exact) mass is 304 g/mol. The lowest BCUT2D eigenvalue weighted by atomic mass is 10.1. The number of hydrogen-bond donors (Lipinski definition) is 2. The summed E-state index contributed by atoms with van der Waals surface area (Å²) in [6.45, 7) is 6.89. The van der Waals surface area contributed by atoms with Crippen molar-refractivity contribution in [1.29, 1.82) is 0 Å². The molecule has 0 saturated carbocycles. The van der Waals surface area contributed by atoms with Crippen molar-refractivity contribution in [2.75, 3.05) is 4.90 Å². The van der Waals surface area contributed by atoms with Gasteiger partial charge in [0.15, 0.2) is 5.84 Å². The van der Waals surface area contributed by atoms with Crippen LogP contribution in [0, 0.1) is 6.92 Å². The first-order valence-corrected chi connectivity index (χ1v) is 7.65. The number of rotatable bonds is 5. The van der Waals surface area contributed by atoms with Gasteiger partial charge < -0.3 is 15.8 Å². The summed E-state index contributed by atoms with van der Waals surface area (Å²) in [6, 6.07) is 8.08. The van der Waals surface area contributed by atoms with Crippen molar-refractivity contribution < 1.29 is 5.21 Å². The van der Waals surface area contributed by atoms with Crippen LogP contribution in [0.3, 0.4) is 0 Å². The number of oxime groups is 1. The van der Waals surface area contributed by atoms with Crippen molar-refractivity contribution in [1.82, 2.24) is 4.98 Å². The van der Waals surface area contributed by atoms with Crippen molar-refractivity contribution in [3.05, 3.63) is 45.8 Å². The van der Waals surface area contributed by atoms with Crippen molar-refractivity contribution in [2.24, 2.45) is 10.9 Å². The van der Waals surface area contributed by atoms with Gasteiger partial charge in [0.05, 0.1) is 12.1 Å². The maximum absolute atomic E-state index is 8.98. The molecule has 0 aliphatic heterocycles. The molecular weight excluding hydrogens is 284 g/mol. The van der Waals surface area contributed by atoms with Gasteiger partial charge >= 0.3 is 0 Å². The van der Waals surface area contributed by atoms with Crippen LogP contribution in [0.2, 0.25) is 0 Å². The van der Waals surface area contributed by atoms with E-state index in [2.05, 4.69) is 40.3 Å². The second kappa shape index (κ2) is 6.58. The number of thiophene rings is 1. The van der Waals surface area contributed by atoms with Gasteiger partial charge in [-0.15, -0.1) is 11.3 Å². The first-order chi connectivity index (χ1) is 10.0. The standard InChI is InChI=1S/C15H20N4OS/c1-10(2)19(9-12-5-4-8-21-12)15-13(14(16)18-20)7-6-11(3)17-15/h4-8,10,20H,9H2,1-3H3,(H2,16,18). The van der Waals surface area contributed by atoms with Gasteiger partial charge in [-0.3, -0.25) is 0 Å². The molecule has 0 bridgehead atoms. The van der Waals surface area contributed by atoms with Gasteiger partial charge in [-0.1, -0.05) is 11.2 Å². The number of pyridine rings is 1. The molecule has 112 valence electrons. The smallest absolute Gasteiger partial charge is 0.173 e. The molecule has 0 radical (unpaired) electrons. The summed E-state index contributed by atoms with van der Waals surface area (Å²) in [5, 5.41) is 14.2. The molecule has 0 atom stereocenters. The molecule has 0 saturated heterocycles. The highest BCUT2D eigenvalue weighted by Crippen LogP contribution is 2.24. The Bertz CT molecular complexity index is 623. The highest BCUT2D eigenvalue weighted by atomic mass is 32.1. The molecule has 0 amide bonds. The molecule has 0 aliphatic rings.